The van der Waals surface area contributed by atoms with Crippen LogP contribution >= 0.6 is 0 Å². The third-order valence-electron chi connectivity index (χ3n) is 2.98. The topological polar surface area (TPSA) is 46.5 Å². The smallest absolute Gasteiger partial charge is 0.341 e. The fourth-order valence-corrected chi connectivity index (χ4v) is 1.74. The molecule has 18 heavy (non-hydrogen) atoms. The lowest BCUT2D eigenvalue weighted by molar-refractivity contribution is -0.139. The Morgan fingerprint density at radius 1 is 1.56 bits per heavy atom. The molecule has 1 N–H and O–H groups in total. The van der Waals surface area contributed by atoms with Crippen LogP contribution in [0.1, 0.15) is 37.3 Å². The molecular formula is C15H20O3. The molecule has 1 atom stereocenters. The maximum Gasteiger partial charge on any atom is 0.341 e. The lowest BCUT2D eigenvalue weighted by Gasteiger charge is -2.14. The van der Waals surface area contributed by atoms with Crippen molar-refractivity contribution >= 4 is 5.97 Å². The summed E-state index contributed by atoms with van der Waals surface area (Å²) in [6.07, 6.45) is 3.55. The van der Waals surface area contributed by atoms with Gasteiger partial charge < -0.3 is 9.84 Å². The van der Waals surface area contributed by atoms with E-state index in [9.17, 15) is 4.79 Å². The van der Waals surface area contributed by atoms with E-state index in [0.717, 1.165) is 12.0 Å². The summed E-state index contributed by atoms with van der Waals surface area (Å²) < 4.78 is 5.27. The Morgan fingerprint density at radius 2 is 2.28 bits per heavy atom. The molecule has 0 aromatic heterocycles. The van der Waals surface area contributed by atoms with Gasteiger partial charge in [-0.15, -0.1) is 6.58 Å². The SMILES string of the molecule is C=CCc1cc(C(C)CC)ccc1OCC(=O)O. The second kappa shape index (κ2) is 6.84. The minimum absolute atomic E-state index is 0.313. The van der Waals surface area contributed by atoms with Gasteiger partial charge in [0.2, 0.25) is 0 Å². The van der Waals surface area contributed by atoms with E-state index in [0.29, 0.717) is 18.1 Å². The Morgan fingerprint density at radius 3 is 2.83 bits per heavy atom. The number of aliphatic carboxylic acids is 1. The van der Waals surface area contributed by atoms with Gasteiger partial charge in [-0.05, 0) is 36.0 Å². The first-order chi connectivity index (χ1) is 8.58. The molecule has 0 fully saturated rings. The van der Waals surface area contributed by atoms with E-state index in [1.807, 2.05) is 12.1 Å². The van der Waals surface area contributed by atoms with Gasteiger partial charge in [-0.25, -0.2) is 4.79 Å². The minimum atomic E-state index is -0.967. The van der Waals surface area contributed by atoms with Crippen molar-refractivity contribution in [1.82, 2.24) is 0 Å². The van der Waals surface area contributed by atoms with Crippen molar-refractivity contribution in [3.63, 3.8) is 0 Å². The van der Waals surface area contributed by atoms with Crippen molar-refractivity contribution < 1.29 is 14.6 Å². The summed E-state index contributed by atoms with van der Waals surface area (Å²) >= 11 is 0. The highest BCUT2D eigenvalue weighted by molar-refractivity contribution is 5.68. The number of carbonyl (C=O) groups is 1. The monoisotopic (exact) mass is 248 g/mol. The Balaban J connectivity index is 2.95. The average Bonchev–Trinajstić information content (AvgIpc) is 2.36. The van der Waals surface area contributed by atoms with Crippen LogP contribution in [0, 0.1) is 0 Å². The van der Waals surface area contributed by atoms with Gasteiger partial charge in [-0.1, -0.05) is 32.1 Å². The third-order valence-corrected chi connectivity index (χ3v) is 2.98. The summed E-state index contributed by atoms with van der Waals surface area (Å²) in [6, 6.07) is 5.92. The first-order valence-electron chi connectivity index (χ1n) is 6.16. The maximum absolute atomic E-state index is 10.5. The highest BCUT2D eigenvalue weighted by atomic mass is 16.5. The van der Waals surface area contributed by atoms with Crippen molar-refractivity contribution in [2.75, 3.05) is 6.61 Å². The van der Waals surface area contributed by atoms with E-state index in [1.54, 1.807) is 6.08 Å². The molecular weight excluding hydrogens is 228 g/mol. The summed E-state index contributed by atoms with van der Waals surface area (Å²) in [5, 5.41) is 8.63. The van der Waals surface area contributed by atoms with Crippen molar-refractivity contribution in [2.24, 2.45) is 0 Å². The van der Waals surface area contributed by atoms with Crippen LogP contribution in [-0.4, -0.2) is 17.7 Å². The van der Waals surface area contributed by atoms with E-state index >= 15 is 0 Å². The van der Waals surface area contributed by atoms with Crippen LogP contribution in [0.15, 0.2) is 30.9 Å². The quantitative estimate of drug-likeness (QED) is 0.752. The van der Waals surface area contributed by atoms with Crippen LogP contribution in [0.2, 0.25) is 0 Å². The van der Waals surface area contributed by atoms with E-state index in [2.05, 4.69) is 26.5 Å². The number of allylic oxidation sites excluding steroid dienone is 1. The van der Waals surface area contributed by atoms with Crippen LogP contribution in [0.4, 0.5) is 0 Å². The second-order valence-electron chi connectivity index (χ2n) is 4.35. The molecule has 3 heteroatoms. The van der Waals surface area contributed by atoms with Gasteiger partial charge in [0, 0.05) is 0 Å². The fraction of sp³-hybridized carbons (Fsp3) is 0.400. The third kappa shape index (κ3) is 3.91. The van der Waals surface area contributed by atoms with Gasteiger partial charge in [0.05, 0.1) is 0 Å². The molecule has 1 unspecified atom stereocenters. The Labute approximate surface area is 108 Å². The van der Waals surface area contributed by atoms with Gasteiger partial charge in [0.1, 0.15) is 5.75 Å². The maximum atomic E-state index is 10.5. The molecule has 1 aromatic carbocycles. The molecule has 0 aliphatic rings. The molecule has 0 saturated heterocycles. The lowest BCUT2D eigenvalue weighted by Crippen LogP contribution is -2.10. The van der Waals surface area contributed by atoms with E-state index in [-0.39, 0.29) is 6.61 Å². The zero-order valence-electron chi connectivity index (χ0n) is 11.0. The Bertz CT molecular complexity index is 424. The minimum Gasteiger partial charge on any atom is -0.482 e. The molecule has 0 saturated carbocycles. The molecule has 1 aromatic rings. The molecule has 0 spiro atoms. The molecule has 98 valence electrons. The Kier molecular flexibility index (Phi) is 5.43. The number of rotatable bonds is 7. The van der Waals surface area contributed by atoms with Crippen LogP contribution in [0.25, 0.3) is 0 Å². The van der Waals surface area contributed by atoms with Crippen LogP contribution in [0.3, 0.4) is 0 Å². The number of hydrogen-bond acceptors (Lipinski definition) is 2. The summed E-state index contributed by atoms with van der Waals surface area (Å²) in [6.45, 7) is 7.72. The van der Waals surface area contributed by atoms with Gasteiger partial charge in [-0.3, -0.25) is 0 Å². The van der Waals surface area contributed by atoms with Gasteiger partial charge in [0.15, 0.2) is 6.61 Å². The van der Waals surface area contributed by atoms with Gasteiger partial charge >= 0.3 is 5.97 Å². The lowest BCUT2D eigenvalue weighted by atomic mass is 9.95. The molecule has 0 bridgehead atoms. The summed E-state index contributed by atoms with van der Waals surface area (Å²) in [5.41, 5.74) is 2.24. The number of benzene rings is 1. The molecule has 0 radical (unpaired) electrons. The van der Waals surface area contributed by atoms with E-state index in [1.165, 1.54) is 5.56 Å². The number of carboxylic acid groups (broad SMARTS) is 1. The summed E-state index contributed by atoms with van der Waals surface area (Å²) in [7, 11) is 0. The zero-order chi connectivity index (χ0) is 13.5. The average molecular weight is 248 g/mol. The second-order valence-corrected chi connectivity index (χ2v) is 4.35. The van der Waals surface area contributed by atoms with Crippen molar-refractivity contribution in [1.29, 1.82) is 0 Å². The normalized spacial score (nSPS) is 11.9. The largest absolute Gasteiger partial charge is 0.482 e. The van der Waals surface area contributed by atoms with Crippen LogP contribution < -0.4 is 4.74 Å². The molecule has 0 heterocycles. The van der Waals surface area contributed by atoms with Crippen LogP contribution in [-0.2, 0) is 11.2 Å². The molecule has 0 aliphatic carbocycles. The number of carboxylic acids is 1. The summed E-state index contributed by atoms with van der Waals surface area (Å²) in [5.74, 6) is 0.150. The first-order valence-corrected chi connectivity index (χ1v) is 6.16. The number of ether oxygens (including phenoxy) is 1. The van der Waals surface area contributed by atoms with Crippen LogP contribution in [0.5, 0.6) is 5.75 Å². The molecule has 0 amide bonds. The van der Waals surface area contributed by atoms with Gasteiger partial charge in [-0.2, -0.15) is 0 Å². The Hall–Kier alpha value is -1.77. The predicted octanol–water partition coefficient (Wildman–Crippen LogP) is 3.39. The highest BCUT2D eigenvalue weighted by Crippen LogP contribution is 2.26. The number of hydrogen-bond donors (Lipinski definition) is 1. The van der Waals surface area contributed by atoms with Gasteiger partial charge in [0.25, 0.3) is 0 Å². The van der Waals surface area contributed by atoms with E-state index in [4.69, 9.17) is 9.84 Å². The molecule has 1 rings (SSSR count). The molecule has 3 nitrogen and oxygen atoms in total. The summed E-state index contributed by atoms with van der Waals surface area (Å²) in [4.78, 5) is 10.5. The van der Waals surface area contributed by atoms with Crippen molar-refractivity contribution in [3.05, 3.63) is 42.0 Å². The molecule has 0 aliphatic heterocycles. The van der Waals surface area contributed by atoms with E-state index < -0.39 is 5.97 Å². The standard InChI is InChI=1S/C15H20O3/c1-4-6-13-9-12(11(3)5-2)7-8-14(13)18-10-15(16)17/h4,7-9,11H,1,5-6,10H2,2-3H3,(H,16,17). The van der Waals surface area contributed by atoms with Crippen molar-refractivity contribution in [3.8, 4) is 5.75 Å². The zero-order valence-corrected chi connectivity index (χ0v) is 11.0. The first kappa shape index (κ1) is 14.3. The van der Waals surface area contributed by atoms with Crippen molar-refractivity contribution in [2.45, 2.75) is 32.6 Å². The predicted molar refractivity (Wildman–Crippen MR) is 72.2 cm³/mol. The fourth-order valence-electron chi connectivity index (χ4n) is 1.74. The highest BCUT2D eigenvalue weighted by Gasteiger charge is 2.09.